The molecule has 3 aromatic heterocycles. The summed E-state index contributed by atoms with van der Waals surface area (Å²) in [5.74, 6) is 6.02. The fraction of sp³-hybridized carbons (Fsp3) is 0.208. The second kappa shape index (κ2) is 9.69. The van der Waals surface area contributed by atoms with Crippen molar-refractivity contribution in [2.75, 3.05) is 25.0 Å². The number of halogens is 1. The fourth-order valence-corrected chi connectivity index (χ4v) is 4.05. The number of methoxy groups -OCH3 is 1. The van der Waals surface area contributed by atoms with Crippen LogP contribution in [0.2, 0.25) is 0 Å². The van der Waals surface area contributed by atoms with E-state index in [9.17, 15) is 9.50 Å². The summed E-state index contributed by atoms with van der Waals surface area (Å²) < 4.78 is 28.7. The van der Waals surface area contributed by atoms with Crippen molar-refractivity contribution in [2.24, 2.45) is 5.92 Å². The van der Waals surface area contributed by atoms with Crippen LogP contribution in [0.25, 0.3) is 16.9 Å². The van der Waals surface area contributed by atoms with E-state index in [0.29, 0.717) is 41.8 Å². The number of hydrogen-bond acceptors (Lipinski definition) is 8. The van der Waals surface area contributed by atoms with Crippen LogP contribution >= 0.6 is 11.9 Å². The van der Waals surface area contributed by atoms with E-state index in [1.165, 1.54) is 24.1 Å². The maximum absolute atomic E-state index is 13.2. The van der Waals surface area contributed by atoms with Gasteiger partial charge >= 0.3 is 0 Å². The molecule has 0 saturated carbocycles. The third-order valence-corrected chi connectivity index (χ3v) is 6.06. The molecule has 0 aliphatic carbocycles. The highest BCUT2D eigenvalue weighted by molar-refractivity contribution is 8.00. The lowest BCUT2D eigenvalue weighted by Gasteiger charge is -2.11. The Morgan fingerprint density at radius 2 is 2.03 bits per heavy atom. The first-order valence-electron chi connectivity index (χ1n) is 10.5. The van der Waals surface area contributed by atoms with Crippen LogP contribution in [0.15, 0.2) is 59.8 Å². The molecule has 0 bridgehead atoms. The van der Waals surface area contributed by atoms with Crippen molar-refractivity contribution in [3.63, 3.8) is 0 Å². The van der Waals surface area contributed by atoms with Crippen molar-refractivity contribution < 1.29 is 19.0 Å². The Balaban J connectivity index is 1.43. The van der Waals surface area contributed by atoms with Crippen LogP contribution in [0.5, 0.6) is 5.88 Å². The molecule has 5 rings (SSSR count). The first-order valence-corrected chi connectivity index (χ1v) is 11.3. The molecule has 4 heterocycles. The van der Waals surface area contributed by atoms with Gasteiger partial charge in [0.25, 0.3) is 0 Å². The molecular formula is C24H20FN5O3S. The molecule has 4 aromatic rings. The molecule has 10 heteroatoms. The Morgan fingerprint density at radius 1 is 1.18 bits per heavy atom. The van der Waals surface area contributed by atoms with Crippen molar-refractivity contribution in [3.8, 4) is 29.0 Å². The number of pyridine rings is 1. The summed E-state index contributed by atoms with van der Waals surface area (Å²) in [6.07, 6.45) is 2.74. The highest BCUT2D eigenvalue weighted by atomic mass is 32.2. The number of aliphatic hydroxyl groups is 1. The smallest absolute Gasteiger partial charge is 0.237 e. The van der Waals surface area contributed by atoms with Gasteiger partial charge < -0.3 is 19.3 Å². The maximum atomic E-state index is 13.2. The average molecular weight is 478 g/mol. The average Bonchev–Trinajstić information content (AvgIpc) is 3.47. The third-order valence-electron chi connectivity index (χ3n) is 5.23. The van der Waals surface area contributed by atoms with Gasteiger partial charge in [-0.05, 0) is 60.3 Å². The van der Waals surface area contributed by atoms with Crippen LogP contribution in [0.3, 0.4) is 0 Å². The minimum absolute atomic E-state index is 0.230. The third kappa shape index (κ3) is 4.68. The highest BCUT2D eigenvalue weighted by Gasteiger charge is 2.24. The number of ether oxygens (including phenoxy) is 2. The molecule has 0 spiro atoms. The van der Waals surface area contributed by atoms with Crippen LogP contribution in [0.1, 0.15) is 5.69 Å². The summed E-state index contributed by atoms with van der Waals surface area (Å²) >= 11 is 1.32. The molecule has 172 valence electrons. The standard InChI is InChI=1S/C24H20FN5O3S/c1-32-24-21(29-34-19-6-3-17(25)4-7-19)10-16(11-27-24)20-8-9-23-26-12-18(30(23)28-20)5-2-15-13-33-14-22(15)31/h3-4,6-12,15,22,29,31H,13-14H2,1H3. The molecule has 1 fully saturated rings. The summed E-state index contributed by atoms with van der Waals surface area (Å²) in [6.45, 7) is 0.710. The second-order valence-corrected chi connectivity index (χ2v) is 8.43. The van der Waals surface area contributed by atoms with Crippen LogP contribution < -0.4 is 9.46 Å². The molecule has 1 aliphatic rings. The van der Waals surface area contributed by atoms with E-state index in [2.05, 4.69) is 26.5 Å². The van der Waals surface area contributed by atoms with Crippen LogP contribution in [0.4, 0.5) is 10.1 Å². The predicted molar refractivity (Wildman–Crippen MR) is 126 cm³/mol. The topological polar surface area (TPSA) is 93.8 Å². The zero-order valence-electron chi connectivity index (χ0n) is 18.1. The molecule has 2 N–H and O–H groups in total. The summed E-state index contributed by atoms with van der Waals surface area (Å²) in [5.41, 5.74) is 3.35. The molecule has 8 nitrogen and oxygen atoms in total. The fourth-order valence-electron chi connectivity index (χ4n) is 3.40. The molecule has 1 saturated heterocycles. The van der Waals surface area contributed by atoms with Gasteiger partial charge in [-0.3, -0.25) is 0 Å². The molecule has 0 amide bonds. The van der Waals surface area contributed by atoms with Crippen LogP contribution in [-0.2, 0) is 4.74 Å². The summed E-state index contributed by atoms with van der Waals surface area (Å²) in [7, 11) is 1.54. The molecule has 2 atom stereocenters. The second-order valence-electron chi connectivity index (χ2n) is 7.55. The van der Waals surface area contributed by atoms with E-state index < -0.39 is 6.10 Å². The van der Waals surface area contributed by atoms with Gasteiger partial charge in [-0.15, -0.1) is 0 Å². The summed E-state index contributed by atoms with van der Waals surface area (Å²) in [6, 6.07) is 11.8. The van der Waals surface area contributed by atoms with Crippen LogP contribution in [-0.4, -0.2) is 51.1 Å². The molecule has 2 unspecified atom stereocenters. The number of benzene rings is 1. The first kappa shape index (κ1) is 22.2. The van der Waals surface area contributed by atoms with Crippen molar-refractivity contribution >= 4 is 23.3 Å². The number of aliphatic hydroxyl groups excluding tert-OH is 1. The number of hydrogen-bond donors (Lipinski definition) is 2. The van der Waals surface area contributed by atoms with Gasteiger partial charge in [0.05, 0.1) is 44.2 Å². The lowest BCUT2D eigenvalue weighted by Crippen LogP contribution is -2.15. The Labute approximate surface area is 199 Å². The Hall–Kier alpha value is -3.65. The van der Waals surface area contributed by atoms with Gasteiger partial charge in [0.2, 0.25) is 5.88 Å². The Bertz CT molecular complexity index is 1380. The normalized spacial score (nSPS) is 17.4. The number of rotatable bonds is 5. The van der Waals surface area contributed by atoms with Gasteiger partial charge in [-0.1, -0.05) is 5.92 Å². The van der Waals surface area contributed by atoms with E-state index in [4.69, 9.17) is 14.6 Å². The van der Waals surface area contributed by atoms with Crippen LogP contribution in [0, 0.1) is 23.6 Å². The Morgan fingerprint density at radius 3 is 2.79 bits per heavy atom. The Kier molecular flexibility index (Phi) is 6.31. The minimum Gasteiger partial charge on any atom is -0.480 e. The number of aromatic nitrogens is 4. The van der Waals surface area contributed by atoms with Crippen molar-refractivity contribution in [3.05, 3.63) is 66.4 Å². The molecule has 0 radical (unpaired) electrons. The van der Waals surface area contributed by atoms with E-state index >= 15 is 0 Å². The van der Waals surface area contributed by atoms with E-state index in [1.807, 2.05) is 18.2 Å². The van der Waals surface area contributed by atoms with Gasteiger partial charge in [-0.25, -0.2) is 18.9 Å². The van der Waals surface area contributed by atoms with Gasteiger partial charge in [0, 0.05) is 16.7 Å². The van der Waals surface area contributed by atoms with Crippen molar-refractivity contribution in [2.45, 2.75) is 11.0 Å². The largest absolute Gasteiger partial charge is 0.480 e. The number of nitrogens with one attached hydrogen (secondary N) is 1. The molecule has 1 aromatic carbocycles. The lowest BCUT2D eigenvalue weighted by molar-refractivity contribution is 0.123. The lowest BCUT2D eigenvalue weighted by atomic mass is 10.1. The number of anilines is 1. The summed E-state index contributed by atoms with van der Waals surface area (Å²) in [4.78, 5) is 9.59. The first-order chi connectivity index (χ1) is 16.6. The monoisotopic (exact) mass is 477 g/mol. The SMILES string of the molecule is COc1ncc(-c2ccc3ncc(C#CC4COCC4O)n3n2)cc1NSc1ccc(F)cc1. The molecule has 1 aliphatic heterocycles. The molecule has 34 heavy (non-hydrogen) atoms. The van der Waals surface area contributed by atoms with Gasteiger partial charge in [0.15, 0.2) is 5.65 Å². The van der Waals surface area contributed by atoms with E-state index in [-0.39, 0.29) is 11.7 Å². The summed E-state index contributed by atoms with van der Waals surface area (Å²) in [5, 5.41) is 14.6. The zero-order valence-corrected chi connectivity index (χ0v) is 18.9. The number of fused-ring (bicyclic) bond motifs is 1. The van der Waals surface area contributed by atoms with Gasteiger partial charge in [-0.2, -0.15) is 5.10 Å². The zero-order chi connectivity index (χ0) is 23.5. The maximum Gasteiger partial charge on any atom is 0.237 e. The van der Waals surface area contributed by atoms with E-state index in [1.54, 1.807) is 36.2 Å². The molecular weight excluding hydrogens is 457 g/mol. The highest BCUT2D eigenvalue weighted by Crippen LogP contribution is 2.31. The van der Waals surface area contributed by atoms with E-state index in [0.717, 1.165) is 10.5 Å². The predicted octanol–water partition coefficient (Wildman–Crippen LogP) is 3.42. The number of nitrogens with zero attached hydrogens (tertiary/aromatic N) is 4. The number of imidazole rings is 1. The van der Waals surface area contributed by atoms with Crippen molar-refractivity contribution in [1.82, 2.24) is 19.6 Å². The quantitative estimate of drug-likeness (QED) is 0.334. The van der Waals surface area contributed by atoms with Crippen molar-refractivity contribution in [1.29, 1.82) is 0 Å². The minimum atomic E-state index is -0.584. The van der Waals surface area contributed by atoms with Gasteiger partial charge in [0.1, 0.15) is 17.2 Å².